The summed E-state index contributed by atoms with van der Waals surface area (Å²) in [7, 11) is -3.21. The second kappa shape index (κ2) is 8.07. The van der Waals surface area contributed by atoms with Crippen molar-refractivity contribution >= 4 is 15.9 Å². The molecule has 162 valence electrons. The van der Waals surface area contributed by atoms with Crippen LogP contribution in [-0.2, 0) is 14.8 Å². The van der Waals surface area contributed by atoms with Crippen LogP contribution in [0.4, 0.5) is 0 Å². The number of hydrogen-bond acceptors (Lipinski definition) is 7. The largest absolute Gasteiger partial charge is 0.356 e. The molecule has 4 rings (SSSR count). The van der Waals surface area contributed by atoms with Crippen LogP contribution in [0.1, 0.15) is 48.9 Å². The molecule has 0 bridgehead atoms. The average Bonchev–Trinajstić information content (AvgIpc) is 3.36. The first-order valence-corrected chi connectivity index (χ1v) is 12.1. The Balaban J connectivity index is 1.57. The van der Waals surface area contributed by atoms with E-state index in [1.807, 2.05) is 24.8 Å². The van der Waals surface area contributed by atoms with Gasteiger partial charge in [-0.25, -0.2) is 22.7 Å². The Morgan fingerprint density at radius 3 is 2.53 bits per heavy atom. The van der Waals surface area contributed by atoms with E-state index in [1.54, 1.807) is 6.20 Å². The lowest BCUT2D eigenvalue weighted by atomic mass is 9.95. The first-order valence-electron chi connectivity index (χ1n) is 10.3. The third kappa shape index (κ3) is 4.11. The molecule has 2 aromatic rings. The molecular weight excluding hydrogens is 406 g/mol. The number of likely N-dealkylation sites (tertiary alicyclic amines) is 1. The molecule has 0 spiro atoms. The highest BCUT2D eigenvalue weighted by Gasteiger charge is 2.38. The molecule has 2 aromatic heterocycles. The normalized spacial score (nSPS) is 21.3. The molecule has 30 heavy (non-hydrogen) atoms. The molecule has 4 heterocycles. The number of carbonyl (C=O) groups excluding carboxylic acids is 1. The van der Waals surface area contributed by atoms with Gasteiger partial charge in [0.2, 0.25) is 15.9 Å². The van der Waals surface area contributed by atoms with Crippen molar-refractivity contribution in [3.8, 4) is 11.3 Å². The SMILES string of the molecule is Cc1cc(-c2cnc(C)nc2[C@@H]2CCCN2C(=O)C2CCN(S(C)(=O)=O)CC2)on1. The Morgan fingerprint density at radius 1 is 1.17 bits per heavy atom. The number of carbonyl (C=O) groups is 1. The summed E-state index contributed by atoms with van der Waals surface area (Å²) in [6, 6.07) is 1.70. The maximum atomic E-state index is 13.4. The third-order valence-electron chi connectivity index (χ3n) is 5.96. The van der Waals surface area contributed by atoms with Crippen molar-refractivity contribution in [1.82, 2.24) is 24.3 Å². The Bertz CT molecular complexity index is 1040. The fraction of sp³-hybridized carbons (Fsp3) is 0.600. The van der Waals surface area contributed by atoms with E-state index >= 15 is 0 Å². The first-order chi connectivity index (χ1) is 14.2. The molecular formula is C20H27N5O4S. The lowest BCUT2D eigenvalue weighted by Gasteiger charge is -2.34. The summed E-state index contributed by atoms with van der Waals surface area (Å²) in [5.41, 5.74) is 2.32. The highest BCUT2D eigenvalue weighted by atomic mass is 32.2. The van der Waals surface area contributed by atoms with Crippen molar-refractivity contribution in [2.75, 3.05) is 25.9 Å². The van der Waals surface area contributed by atoms with Crippen molar-refractivity contribution in [3.05, 3.63) is 29.5 Å². The molecule has 1 atom stereocenters. The van der Waals surface area contributed by atoms with Crippen LogP contribution in [0.3, 0.4) is 0 Å². The average molecular weight is 434 g/mol. The molecule has 0 aliphatic carbocycles. The third-order valence-corrected chi connectivity index (χ3v) is 7.26. The predicted octanol–water partition coefficient (Wildman–Crippen LogP) is 2.08. The van der Waals surface area contributed by atoms with E-state index in [4.69, 9.17) is 4.52 Å². The smallest absolute Gasteiger partial charge is 0.226 e. The molecule has 0 radical (unpaired) electrons. The van der Waals surface area contributed by atoms with Crippen LogP contribution in [0.5, 0.6) is 0 Å². The molecule has 2 saturated heterocycles. The van der Waals surface area contributed by atoms with Crippen molar-refractivity contribution in [3.63, 3.8) is 0 Å². The van der Waals surface area contributed by atoms with Crippen molar-refractivity contribution in [1.29, 1.82) is 0 Å². The number of sulfonamides is 1. The van der Waals surface area contributed by atoms with Gasteiger partial charge >= 0.3 is 0 Å². The van der Waals surface area contributed by atoms with Gasteiger partial charge in [0, 0.05) is 37.8 Å². The number of hydrogen-bond donors (Lipinski definition) is 0. The zero-order valence-corrected chi connectivity index (χ0v) is 18.4. The summed E-state index contributed by atoms with van der Waals surface area (Å²) < 4.78 is 30.4. The van der Waals surface area contributed by atoms with Gasteiger partial charge in [0.15, 0.2) is 5.76 Å². The van der Waals surface area contributed by atoms with Gasteiger partial charge < -0.3 is 9.42 Å². The zero-order valence-electron chi connectivity index (χ0n) is 17.5. The number of nitrogens with zero attached hydrogens (tertiary/aromatic N) is 5. The first kappa shape index (κ1) is 20.9. The van der Waals surface area contributed by atoms with E-state index in [9.17, 15) is 13.2 Å². The van der Waals surface area contributed by atoms with Crippen molar-refractivity contribution < 1.29 is 17.7 Å². The highest BCUT2D eigenvalue weighted by Crippen LogP contribution is 2.38. The fourth-order valence-electron chi connectivity index (χ4n) is 4.41. The van der Waals surface area contributed by atoms with Gasteiger partial charge in [-0.2, -0.15) is 0 Å². The summed E-state index contributed by atoms with van der Waals surface area (Å²) in [4.78, 5) is 24.3. The van der Waals surface area contributed by atoms with Gasteiger partial charge in [-0.3, -0.25) is 4.79 Å². The standard InChI is InChI=1S/C20H27N5O4S/c1-13-11-18(29-23-13)16-12-21-14(2)22-19(16)17-5-4-8-25(17)20(26)15-6-9-24(10-7-15)30(3,27)28/h11-12,15,17H,4-10H2,1-3H3/t17-/m0/s1. The maximum absolute atomic E-state index is 13.4. The molecule has 0 aromatic carbocycles. The quantitative estimate of drug-likeness (QED) is 0.726. The monoisotopic (exact) mass is 433 g/mol. The number of aryl methyl sites for hydroxylation is 2. The maximum Gasteiger partial charge on any atom is 0.226 e. The van der Waals surface area contributed by atoms with Crippen LogP contribution in [0.25, 0.3) is 11.3 Å². The van der Waals surface area contributed by atoms with Crippen LogP contribution in [-0.4, -0.2) is 64.5 Å². The van der Waals surface area contributed by atoms with E-state index in [2.05, 4.69) is 15.1 Å². The summed E-state index contributed by atoms with van der Waals surface area (Å²) in [5.74, 6) is 1.16. The van der Waals surface area contributed by atoms with Crippen LogP contribution in [0.2, 0.25) is 0 Å². The summed E-state index contributed by atoms with van der Waals surface area (Å²) >= 11 is 0. The lowest BCUT2D eigenvalue weighted by Crippen LogP contribution is -2.44. The van der Waals surface area contributed by atoms with E-state index in [0.29, 0.717) is 44.1 Å². The zero-order chi connectivity index (χ0) is 21.5. The second-order valence-corrected chi connectivity index (χ2v) is 10.2. The summed E-state index contributed by atoms with van der Waals surface area (Å²) in [6.45, 7) is 5.15. The van der Waals surface area contributed by atoms with Gasteiger partial charge in [0.05, 0.1) is 29.2 Å². The van der Waals surface area contributed by atoms with E-state index in [-0.39, 0.29) is 17.9 Å². The van der Waals surface area contributed by atoms with Crippen LogP contribution >= 0.6 is 0 Å². The van der Waals surface area contributed by atoms with E-state index < -0.39 is 10.0 Å². The Kier molecular flexibility index (Phi) is 5.63. The fourth-order valence-corrected chi connectivity index (χ4v) is 5.28. The molecule has 9 nitrogen and oxygen atoms in total. The van der Waals surface area contributed by atoms with Gasteiger partial charge in [-0.05, 0) is 39.5 Å². The molecule has 2 aliphatic heterocycles. The topological polar surface area (TPSA) is 110 Å². The van der Waals surface area contributed by atoms with E-state index in [1.165, 1.54) is 10.6 Å². The molecule has 0 unspecified atom stereocenters. The molecule has 2 fully saturated rings. The minimum atomic E-state index is -3.21. The molecule has 1 amide bonds. The van der Waals surface area contributed by atoms with Crippen LogP contribution < -0.4 is 0 Å². The Labute approximate surface area is 176 Å². The van der Waals surface area contributed by atoms with E-state index in [0.717, 1.165) is 29.8 Å². The Hall–Kier alpha value is -2.33. The van der Waals surface area contributed by atoms with Crippen molar-refractivity contribution in [2.24, 2.45) is 5.92 Å². The second-order valence-electron chi connectivity index (χ2n) is 8.17. The predicted molar refractivity (Wildman–Crippen MR) is 110 cm³/mol. The van der Waals surface area contributed by atoms with Gasteiger partial charge in [0.1, 0.15) is 5.82 Å². The molecule has 2 aliphatic rings. The molecule has 10 heteroatoms. The van der Waals surface area contributed by atoms with Crippen LogP contribution in [0.15, 0.2) is 16.8 Å². The summed E-state index contributed by atoms with van der Waals surface area (Å²) in [6.07, 6.45) is 5.78. The van der Waals surface area contributed by atoms with Gasteiger partial charge in [-0.15, -0.1) is 0 Å². The number of amides is 1. The number of rotatable bonds is 4. The number of piperidine rings is 1. The van der Waals surface area contributed by atoms with Gasteiger partial charge in [-0.1, -0.05) is 5.16 Å². The minimum absolute atomic E-state index is 0.0848. The molecule has 0 saturated carbocycles. The van der Waals surface area contributed by atoms with Gasteiger partial charge in [0.25, 0.3) is 0 Å². The molecule has 0 N–H and O–H groups in total. The summed E-state index contributed by atoms with van der Waals surface area (Å²) in [5, 5.41) is 3.97. The van der Waals surface area contributed by atoms with Crippen molar-refractivity contribution in [2.45, 2.75) is 45.6 Å². The highest BCUT2D eigenvalue weighted by molar-refractivity contribution is 7.88. The lowest BCUT2D eigenvalue weighted by molar-refractivity contribution is -0.137. The Morgan fingerprint density at radius 2 is 1.90 bits per heavy atom. The number of aromatic nitrogens is 3. The minimum Gasteiger partial charge on any atom is -0.356 e. The van der Waals surface area contributed by atoms with Crippen LogP contribution in [0, 0.1) is 19.8 Å².